The van der Waals surface area contributed by atoms with Crippen LogP contribution in [0.25, 0.3) is 0 Å². The third kappa shape index (κ3) is 5.83. The average Bonchev–Trinajstić information content (AvgIpc) is 2.53. The number of carbonyl (C=O) groups excluding carboxylic acids is 1. The molecule has 24 heavy (non-hydrogen) atoms. The van der Waals surface area contributed by atoms with Crippen LogP contribution in [0.1, 0.15) is 13.8 Å². The van der Waals surface area contributed by atoms with Gasteiger partial charge in [-0.25, -0.2) is 0 Å². The predicted octanol–water partition coefficient (Wildman–Crippen LogP) is 5.26. The highest BCUT2D eigenvalue weighted by atomic mass is 79.9. The molecule has 4 nitrogen and oxygen atoms in total. The van der Waals surface area contributed by atoms with Crippen LogP contribution >= 0.6 is 31.9 Å². The van der Waals surface area contributed by atoms with Crippen molar-refractivity contribution in [2.45, 2.75) is 13.8 Å². The molecule has 0 aliphatic heterocycles. The molecule has 0 aliphatic carbocycles. The van der Waals surface area contributed by atoms with E-state index in [1.165, 1.54) is 0 Å². The first kappa shape index (κ1) is 18.8. The van der Waals surface area contributed by atoms with E-state index in [2.05, 4.69) is 51.0 Å². The molecule has 0 saturated carbocycles. The number of amides is 1. The van der Waals surface area contributed by atoms with E-state index in [0.29, 0.717) is 29.7 Å². The first-order valence-corrected chi connectivity index (χ1v) is 9.14. The molecule has 2 aromatic rings. The van der Waals surface area contributed by atoms with Gasteiger partial charge in [-0.3, -0.25) is 4.79 Å². The van der Waals surface area contributed by atoms with Crippen molar-refractivity contribution >= 4 is 43.5 Å². The van der Waals surface area contributed by atoms with Crippen LogP contribution in [0, 0.1) is 5.92 Å². The minimum Gasteiger partial charge on any atom is -0.491 e. The van der Waals surface area contributed by atoms with Gasteiger partial charge >= 0.3 is 0 Å². The Balaban J connectivity index is 1.95. The van der Waals surface area contributed by atoms with Crippen LogP contribution in [0.5, 0.6) is 11.5 Å². The van der Waals surface area contributed by atoms with Gasteiger partial charge in [-0.2, -0.15) is 0 Å². The molecule has 0 fully saturated rings. The van der Waals surface area contributed by atoms with Gasteiger partial charge in [-0.05, 0) is 52.2 Å². The zero-order valence-corrected chi connectivity index (χ0v) is 16.7. The summed E-state index contributed by atoms with van der Waals surface area (Å²) in [5.74, 6) is 1.43. The fourth-order valence-electron chi connectivity index (χ4n) is 1.87. The van der Waals surface area contributed by atoms with Gasteiger partial charge in [0.15, 0.2) is 6.61 Å². The summed E-state index contributed by atoms with van der Waals surface area (Å²) in [6.07, 6.45) is 0. The van der Waals surface area contributed by atoms with E-state index < -0.39 is 0 Å². The molecule has 1 N–H and O–H groups in total. The Morgan fingerprint density at radius 1 is 1.08 bits per heavy atom. The van der Waals surface area contributed by atoms with Crippen molar-refractivity contribution in [2.75, 3.05) is 18.5 Å². The van der Waals surface area contributed by atoms with E-state index in [9.17, 15) is 4.79 Å². The first-order valence-electron chi connectivity index (χ1n) is 7.55. The van der Waals surface area contributed by atoms with Crippen molar-refractivity contribution in [2.24, 2.45) is 5.92 Å². The summed E-state index contributed by atoms with van der Waals surface area (Å²) in [5, 5.41) is 2.82. The number of anilines is 1. The highest BCUT2D eigenvalue weighted by molar-refractivity contribution is 9.11. The molecule has 0 aromatic heterocycles. The van der Waals surface area contributed by atoms with E-state index in [1.807, 2.05) is 36.4 Å². The molecule has 0 atom stereocenters. The number of para-hydroxylation sites is 2. The maximum Gasteiger partial charge on any atom is 0.262 e. The molecule has 1 amide bonds. The van der Waals surface area contributed by atoms with Crippen LogP contribution in [0.3, 0.4) is 0 Å². The number of halogens is 2. The fourth-order valence-corrected chi connectivity index (χ4v) is 3.04. The summed E-state index contributed by atoms with van der Waals surface area (Å²) < 4.78 is 13.0. The predicted molar refractivity (Wildman–Crippen MR) is 103 cm³/mol. The zero-order valence-electron chi connectivity index (χ0n) is 13.5. The minimum atomic E-state index is -0.245. The van der Waals surface area contributed by atoms with E-state index in [1.54, 1.807) is 6.07 Å². The van der Waals surface area contributed by atoms with Crippen LogP contribution in [0.2, 0.25) is 0 Å². The molecule has 0 bridgehead atoms. The Kier molecular flexibility index (Phi) is 7.12. The van der Waals surface area contributed by atoms with Crippen molar-refractivity contribution in [3.63, 3.8) is 0 Å². The lowest BCUT2D eigenvalue weighted by molar-refractivity contribution is -0.118. The lowest BCUT2D eigenvalue weighted by Crippen LogP contribution is -2.21. The van der Waals surface area contributed by atoms with Crippen LogP contribution < -0.4 is 14.8 Å². The Morgan fingerprint density at radius 2 is 1.83 bits per heavy atom. The second-order valence-corrected chi connectivity index (χ2v) is 7.38. The van der Waals surface area contributed by atoms with Crippen molar-refractivity contribution < 1.29 is 14.3 Å². The van der Waals surface area contributed by atoms with Crippen molar-refractivity contribution in [3.05, 3.63) is 51.4 Å². The van der Waals surface area contributed by atoms with Crippen LogP contribution in [-0.2, 0) is 4.79 Å². The molecule has 0 aliphatic rings. The topological polar surface area (TPSA) is 47.6 Å². The van der Waals surface area contributed by atoms with Crippen LogP contribution in [0.15, 0.2) is 51.4 Å². The summed E-state index contributed by atoms with van der Waals surface area (Å²) in [4.78, 5) is 12.1. The number of nitrogens with one attached hydrogen (secondary N) is 1. The molecule has 6 heteroatoms. The number of carbonyl (C=O) groups is 1. The highest BCUT2D eigenvalue weighted by Gasteiger charge is 2.10. The SMILES string of the molecule is CC(C)COc1ccccc1NC(=O)COc1ccc(Br)cc1Br. The lowest BCUT2D eigenvalue weighted by Gasteiger charge is -2.14. The normalized spacial score (nSPS) is 10.5. The Labute approximate surface area is 158 Å². The summed E-state index contributed by atoms with van der Waals surface area (Å²) in [7, 11) is 0. The molecule has 0 saturated heterocycles. The maximum atomic E-state index is 12.1. The van der Waals surface area contributed by atoms with E-state index >= 15 is 0 Å². The fraction of sp³-hybridized carbons (Fsp3) is 0.278. The van der Waals surface area contributed by atoms with Crippen molar-refractivity contribution in [1.82, 2.24) is 0 Å². The molecular weight excluding hydrogens is 438 g/mol. The van der Waals surface area contributed by atoms with Crippen molar-refractivity contribution in [1.29, 1.82) is 0 Å². The molecule has 0 heterocycles. The number of hydrogen-bond donors (Lipinski definition) is 1. The average molecular weight is 457 g/mol. The number of benzene rings is 2. The molecular formula is C18H19Br2NO3. The third-order valence-corrected chi connectivity index (χ3v) is 4.10. The molecule has 2 rings (SSSR count). The summed E-state index contributed by atoms with van der Waals surface area (Å²) in [5.41, 5.74) is 0.640. The highest BCUT2D eigenvalue weighted by Crippen LogP contribution is 2.28. The molecule has 2 aromatic carbocycles. The third-order valence-electron chi connectivity index (χ3n) is 2.99. The van der Waals surface area contributed by atoms with Gasteiger partial charge in [-0.15, -0.1) is 0 Å². The van der Waals surface area contributed by atoms with E-state index in [-0.39, 0.29) is 12.5 Å². The first-order chi connectivity index (χ1) is 11.5. The van der Waals surface area contributed by atoms with Gasteiger partial charge in [0.2, 0.25) is 0 Å². The Hall–Kier alpha value is -1.53. The second kappa shape index (κ2) is 9.08. The summed E-state index contributed by atoms with van der Waals surface area (Å²) >= 11 is 6.78. The van der Waals surface area contributed by atoms with Gasteiger partial charge in [0.25, 0.3) is 5.91 Å². The standard InChI is InChI=1S/C18H19Br2NO3/c1-12(2)10-23-17-6-4-3-5-15(17)21-18(22)11-24-16-8-7-13(19)9-14(16)20/h3-9,12H,10-11H2,1-2H3,(H,21,22). The van der Waals surface area contributed by atoms with E-state index in [4.69, 9.17) is 9.47 Å². The van der Waals surface area contributed by atoms with Crippen molar-refractivity contribution in [3.8, 4) is 11.5 Å². The molecule has 0 unspecified atom stereocenters. The number of ether oxygens (including phenoxy) is 2. The van der Waals surface area contributed by atoms with Gasteiger partial charge in [-0.1, -0.05) is 41.9 Å². The monoisotopic (exact) mass is 455 g/mol. The summed E-state index contributed by atoms with van der Waals surface area (Å²) in [6.45, 7) is 4.66. The maximum absolute atomic E-state index is 12.1. The van der Waals surface area contributed by atoms with Crippen LogP contribution in [-0.4, -0.2) is 19.1 Å². The van der Waals surface area contributed by atoms with Gasteiger partial charge in [0, 0.05) is 4.47 Å². The second-order valence-electron chi connectivity index (χ2n) is 5.61. The quantitative estimate of drug-likeness (QED) is 0.617. The Morgan fingerprint density at radius 3 is 2.54 bits per heavy atom. The lowest BCUT2D eigenvalue weighted by atomic mass is 10.2. The largest absolute Gasteiger partial charge is 0.491 e. The zero-order chi connectivity index (χ0) is 17.5. The summed E-state index contributed by atoms with van der Waals surface area (Å²) in [6, 6.07) is 12.9. The molecule has 0 radical (unpaired) electrons. The van der Waals surface area contributed by atoms with Gasteiger partial charge in [0.05, 0.1) is 16.8 Å². The van der Waals surface area contributed by atoms with Gasteiger partial charge < -0.3 is 14.8 Å². The number of hydrogen-bond acceptors (Lipinski definition) is 3. The molecule has 0 spiro atoms. The smallest absolute Gasteiger partial charge is 0.262 e. The molecule has 128 valence electrons. The Bertz CT molecular complexity index is 704. The van der Waals surface area contributed by atoms with Gasteiger partial charge in [0.1, 0.15) is 11.5 Å². The number of rotatable bonds is 7. The van der Waals surface area contributed by atoms with Crippen LogP contribution in [0.4, 0.5) is 5.69 Å². The minimum absolute atomic E-state index is 0.0846. The van der Waals surface area contributed by atoms with E-state index in [0.717, 1.165) is 8.95 Å².